The number of benzene rings is 1. The zero-order valence-corrected chi connectivity index (χ0v) is 17.9. The number of thioether (sulfide) groups is 1. The lowest BCUT2D eigenvalue weighted by Gasteiger charge is -2.17. The number of hydrogen-bond donors (Lipinski definition) is 0. The van der Waals surface area contributed by atoms with Gasteiger partial charge >= 0.3 is 0 Å². The van der Waals surface area contributed by atoms with E-state index in [0.29, 0.717) is 12.4 Å². The number of thiazole rings is 1. The fraction of sp³-hybridized carbons (Fsp3) is 0.350. The van der Waals surface area contributed by atoms with Gasteiger partial charge < -0.3 is 9.30 Å². The van der Waals surface area contributed by atoms with E-state index in [9.17, 15) is 4.79 Å². The molecule has 3 aromatic heterocycles. The van der Waals surface area contributed by atoms with E-state index in [4.69, 9.17) is 4.74 Å². The van der Waals surface area contributed by atoms with Crippen molar-refractivity contribution >= 4 is 44.1 Å². The lowest BCUT2D eigenvalue weighted by molar-refractivity contribution is 0.102. The van der Waals surface area contributed by atoms with Gasteiger partial charge in [0.2, 0.25) is 4.96 Å². The van der Waals surface area contributed by atoms with Crippen LogP contribution < -0.4 is 0 Å². The third kappa shape index (κ3) is 3.25. The van der Waals surface area contributed by atoms with Crippen molar-refractivity contribution in [2.75, 3.05) is 19.5 Å². The number of rotatable bonds is 7. The van der Waals surface area contributed by atoms with Crippen molar-refractivity contribution < 1.29 is 9.53 Å². The van der Waals surface area contributed by atoms with Gasteiger partial charge in [-0.1, -0.05) is 35.2 Å². The van der Waals surface area contributed by atoms with Crippen LogP contribution in [-0.2, 0) is 4.74 Å². The number of ether oxygens (including phenoxy) is 1. The van der Waals surface area contributed by atoms with Crippen LogP contribution in [0.3, 0.4) is 0 Å². The Morgan fingerprint density at radius 3 is 2.86 bits per heavy atom. The number of carbonyl (C=O) groups excluding carboxylic acids is 1. The van der Waals surface area contributed by atoms with Gasteiger partial charge in [0, 0.05) is 24.1 Å². The molecule has 0 radical (unpaired) electrons. The second-order valence-corrected chi connectivity index (χ2v) is 8.79. The van der Waals surface area contributed by atoms with Gasteiger partial charge in [-0.05, 0) is 39.0 Å². The summed E-state index contributed by atoms with van der Waals surface area (Å²) in [5, 5.41) is 9.30. The molecule has 6 nitrogen and oxygen atoms in total. The maximum Gasteiger partial charge on any atom is 0.217 e. The second kappa shape index (κ2) is 7.69. The summed E-state index contributed by atoms with van der Waals surface area (Å²) in [5.41, 5.74) is 3.90. The average molecular weight is 415 g/mol. The number of carbonyl (C=O) groups is 1. The normalized spacial score (nSPS) is 12.9. The van der Waals surface area contributed by atoms with Crippen LogP contribution in [0.4, 0.5) is 0 Å². The Kier molecular flexibility index (Phi) is 5.27. The summed E-state index contributed by atoms with van der Waals surface area (Å²) in [6.07, 6.45) is 0. The van der Waals surface area contributed by atoms with Gasteiger partial charge in [0.25, 0.3) is 0 Å². The number of Topliss-reactive ketones (excluding diaryl/α,β-unsaturated/α-hetero) is 1. The SMILES string of the molecule is COCC(C)n1c(C)cc(C(=O)CSc2nnc3sc4ccccc4n23)c1C. The molecule has 1 aromatic carbocycles. The molecule has 0 amide bonds. The van der Waals surface area contributed by atoms with E-state index >= 15 is 0 Å². The van der Waals surface area contributed by atoms with Gasteiger partial charge in [-0.25, -0.2) is 0 Å². The summed E-state index contributed by atoms with van der Waals surface area (Å²) in [7, 11) is 1.70. The number of hydrogen-bond acceptors (Lipinski definition) is 6. The minimum atomic E-state index is 0.102. The molecule has 0 fully saturated rings. The van der Waals surface area contributed by atoms with Crippen molar-refractivity contribution in [3.8, 4) is 0 Å². The number of methoxy groups -OCH3 is 1. The summed E-state index contributed by atoms with van der Waals surface area (Å²) >= 11 is 3.04. The van der Waals surface area contributed by atoms with Crippen molar-refractivity contribution in [3.05, 3.63) is 47.3 Å². The lowest BCUT2D eigenvalue weighted by atomic mass is 10.2. The fourth-order valence-corrected chi connectivity index (χ4v) is 5.56. The van der Waals surface area contributed by atoms with Gasteiger partial charge in [-0.15, -0.1) is 10.2 Å². The molecule has 0 aliphatic heterocycles. The number of fused-ring (bicyclic) bond motifs is 3. The first kappa shape index (κ1) is 19.2. The van der Waals surface area contributed by atoms with Crippen LogP contribution in [-0.4, -0.2) is 44.4 Å². The van der Waals surface area contributed by atoms with Crippen LogP contribution >= 0.6 is 23.1 Å². The number of para-hydroxylation sites is 1. The standard InChI is InChI=1S/C20H22N4O2S2/c1-12-9-15(14(3)23(12)13(2)10-26-4)17(25)11-27-19-21-22-20-24(19)16-7-5-6-8-18(16)28-20/h5-9,13H,10-11H2,1-4H3. The zero-order chi connectivity index (χ0) is 19.8. The van der Waals surface area contributed by atoms with E-state index < -0.39 is 0 Å². The molecule has 146 valence electrons. The van der Waals surface area contributed by atoms with Gasteiger partial charge in [-0.2, -0.15) is 0 Å². The van der Waals surface area contributed by atoms with Crippen molar-refractivity contribution in [1.29, 1.82) is 0 Å². The third-order valence-corrected chi connectivity index (χ3v) is 6.82. The van der Waals surface area contributed by atoms with E-state index in [1.54, 1.807) is 18.4 Å². The van der Waals surface area contributed by atoms with E-state index in [1.165, 1.54) is 11.8 Å². The third-order valence-electron chi connectivity index (χ3n) is 4.88. The minimum absolute atomic E-state index is 0.102. The first-order valence-corrected chi connectivity index (χ1v) is 10.9. The number of nitrogens with zero attached hydrogens (tertiary/aromatic N) is 4. The Hall–Kier alpha value is -2.16. The Balaban J connectivity index is 1.57. The average Bonchev–Trinajstić information content (AvgIpc) is 3.32. The van der Waals surface area contributed by atoms with Crippen molar-refractivity contribution in [1.82, 2.24) is 19.2 Å². The summed E-state index contributed by atoms with van der Waals surface area (Å²) < 4.78 is 10.6. The van der Waals surface area contributed by atoms with Crippen LogP contribution in [0.1, 0.15) is 34.7 Å². The van der Waals surface area contributed by atoms with Gasteiger partial charge in [-0.3, -0.25) is 9.20 Å². The molecule has 1 atom stereocenters. The van der Waals surface area contributed by atoms with Crippen molar-refractivity contribution in [3.63, 3.8) is 0 Å². The van der Waals surface area contributed by atoms with Crippen LogP contribution in [0.2, 0.25) is 0 Å². The molecule has 1 unspecified atom stereocenters. The molecule has 0 saturated heterocycles. The number of aryl methyl sites for hydroxylation is 1. The highest BCUT2D eigenvalue weighted by Crippen LogP contribution is 2.30. The molecule has 4 rings (SSSR count). The van der Waals surface area contributed by atoms with E-state index in [0.717, 1.165) is 37.3 Å². The van der Waals surface area contributed by atoms with Crippen LogP contribution in [0.5, 0.6) is 0 Å². The molecule has 0 N–H and O–H groups in total. The number of aromatic nitrogens is 4. The minimum Gasteiger partial charge on any atom is -0.383 e. The monoisotopic (exact) mass is 414 g/mol. The Morgan fingerprint density at radius 2 is 2.07 bits per heavy atom. The van der Waals surface area contributed by atoms with Crippen LogP contribution in [0.15, 0.2) is 35.5 Å². The summed E-state index contributed by atoms with van der Waals surface area (Å²) in [6, 6.07) is 10.3. The molecule has 28 heavy (non-hydrogen) atoms. The first-order valence-electron chi connectivity index (χ1n) is 9.07. The van der Waals surface area contributed by atoms with E-state index in [1.807, 2.05) is 36.4 Å². The molecular formula is C20H22N4O2S2. The molecule has 0 spiro atoms. The maximum atomic E-state index is 12.9. The van der Waals surface area contributed by atoms with Gasteiger partial charge in [0.05, 0.1) is 28.6 Å². The summed E-state index contributed by atoms with van der Waals surface area (Å²) in [4.78, 5) is 13.8. The van der Waals surface area contributed by atoms with E-state index in [2.05, 4.69) is 33.8 Å². The molecule has 3 heterocycles. The topological polar surface area (TPSA) is 61.4 Å². The van der Waals surface area contributed by atoms with E-state index in [-0.39, 0.29) is 11.8 Å². The molecule has 4 aromatic rings. The second-order valence-electron chi connectivity index (χ2n) is 6.84. The predicted molar refractivity (Wildman–Crippen MR) is 114 cm³/mol. The quantitative estimate of drug-likeness (QED) is 0.328. The highest BCUT2D eigenvalue weighted by molar-refractivity contribution is 7.99. The smallest absolute Gasteiger partial charge is 0.217 e. The molecule has 0 saturated carbocycles. The highest BCUT2D eigenvalue weighted by Gasteiger charge is 2.20. The first-order chi connectivity index (χ1) is 13.5. The fourth-order valence-electron chi connectivity index (χ4n) is 3.71. The van der Waals surface area contributed by atoms with Crippen molar-refractivity contribution in [2.24, 2.45) is 0 Å². The molecule has 0 bridgehead atoms. The predicted octanol–water partition coefficient (Wildman–Crippen LogP) is 4.54. The number of ketones is 1. The largest absolute Gasteiger partial charge is 0.383 e. The Bertz CT molecular complexity index is 1160. The summed E-state index contributed by atoms with van der Waals surface area (Å²) in [5.74, 6) is 0.429. The molecule has 0 aliphatic carbocycles. The molecule has 0 aliphatic rings. The van der Waals surface area contributed by atoms with Gasteiger partial charge in [0.1, 0.15) is 0 Å². The highest BCUT2D eigenvalue weighted by atomic mass is 32.2. The zero-order valence-electron chi connectivity index (χ0n) is 16.3. The van der Waals surface area contributed by atoms with Crippen LogP contribution in [0.25, 0.3) is 15.2 Å². The lowest BCUT2D eigenvalue weighted by Crippen LogP contribution is -2.14. The Morgan fingerprint density at radius 1 is 1.29 bits per heavy atom. The molecule has 8 heteroatoms. The molecular weight excluding hydrogens is 392 g/mol. The van der Waals surface area contributed by atoms with Crippen molar-refractivity contribution in [2.45, 2.75) is 32.0 Å². The summed E-state index contributed by atoms with van der Waals surface area (Å²) in [6.45, 7) is 6.74. The maximum absolute atomic E-state index is 12.9. The Labute approximate surface area is 171 Å². The van der Waals surface area contributed by atoms with Crippen LogP contribution in [0, 0.1) is 13.8 Å². The van der Waals surface area contributed by atoms with Gasteiger partial charge in [0.15, 0.2) is 10.9 Å².